The predicted octanol–water partition coefficient (Wildman–Crippen LogP) is 1.42. The van der Waals surface area contributed by atoms with Crippen LogP contribution in [0.4, 0.5) is 0 Å². The molecule has 0 aromatic heterocycles. The molecule has 2 aliphatic heterocycles. The number of β-amino-alcohol motifs (C(OH)–C–C–N with tert-alkyl or cyclic N) is 1. The van der Waals surface area contributed by atoms with Crippen LogP contribution >= 0.6 is 0 Å². The minimum Gasteiger partial charge on any atom is -0.391 e. The minimum atomic E-state index is -0.326. The Balaban J connectivity index is 1.90. The maximum Gasteiger partial charge on any atom is 0.228 e. The highest BCUT2D eigenvalue weighted by Gasteiger charge is 2.37. The summed E-state index contributed by atoms with van der Waals surface area (Å²) in [6, 6.07) is 0. The number of ether oxygens (including phenoxy) is 1. The van der Waals surface area contributed by atoms with E-state index in [0.717, 1.165) is 38.9 Å². The maximum atomic E-state index is 12.5. The number of nitrogens with zero attached hydrogens (tertiary/aromatic N) is 1. The van der Waals surface area contributed by atoms with Crippen molar-refractivity contribution in [3.8, 4) is 0 Å². The monoisotopic (exact) mass is 255 g/mol. The van der Waals surface area contributed by atoms with Crippen molar-refractivity contribution >= 4 is 5.91 Å². The van der Waals surface area contributed by atoms with Crippen molar-refractivity contribution in [2.75, 3.05) is 26.3 Å². The Morgan fingerprint density at radius 1 is 1.33 bits per heavy atom. The molecule has 2 aliphatic rings. The third-order valence-electron chi connectivity index (χ3n) is 4.17. The first-order chi connectivity index (χ1) is 8.49. The summed E-state index contributed by atoms with van der Waals surface area (Å²) >= 11 is 0. The van der Waals surface area contributed by atoms with Crippen molar-refractivity contribution in [1.29, 1.82) is 0 Å². The van der Waals surface area contributed by atoms with Gasteiger partial charge in [0.15, 0.2) is 0 Å². The number of carbonyl (C=O) groups is 1. The van der Waals surface area contributed by atoms with E-state index in [9.17, 15) is 9.90 Å². The van der Waals surface area contributed by atoms with Crippen LogP contribution in [0.3, 0.4) is 0 Å². The molecule has 1 N–H and O–H groups in total. The first-order valence-electron chi connectivity index (χ1n) is 7.04. The summed E-state index contributed by atoms with van der Waals surface area (Å²) in [4.78, 5) is 14.3. The van der Waals surface area contributed by atoms with E-state index >= 15 is 0 Å². The van der Waals surface area contributed by atoms with Crippen LogP contribution in [0.5, 0.6) is 0 Å². The number of hydrogen-bond donors (Lipinski definition) is 1. The first-order valence-corrected chi connectivity index (χ1v) is 7.04. The van der Waals surface area contributed by atoms with Crippen molar-refractivity contribution in [1.82, 2.24) is 4.90 Å². The summed E-state index contributed by atoms with van der Waals surface area (Å²) in [6.45, 7) is 6.95. The highest BCUT2D eigenvalue weighted by molar-refractivity contribution is 5.82. The summed E-state index contributed by atoms with van der Waals surface area (Å²) in [5.41, 5.74) is -0.313. The fraction of sp³-hybridized carbons (Fsp3) is 0.929. The lowest BCUT2D eigenvalue weighted by Gasteiger charge is -2.33. The van der Waals surface area contributed by atoms with Crippen LogP contribution in [0.2, 0.25) is 0 Å². The molecule has 0 aromatic rings. The van der Waals surface area contributed by atoms with Gasteiger partial charge in [0.05, 0.1) is 6.10 Å². The molecule has 2 heterocycles. The van der Waals surface area contributed by atoms with E-state index in [4.69, 9.17) is 4.74 Å². The summed E-state index contributed by atoms with van der Waals surface area (Å²) in [6.07, 6.45) is 3.47. The summed E-state index contributed by atoms with van der Waals surface area (Å²) in [5.74, 6) is 0.802. The SMILES string of the molecule is CC(C)(CC1CCOCC1)C(=O)N1CC[C@@H](O)C1. The van der Waals surface area contributed by atoms with Gasteiger partial charge in [-0.15, -0.1) is 0 Å². The summed E-state index contributed by atoms with van der Waals surface area (Å²) in [5, 5.41) is 9.53. The second-order valence-corrected chi connectivity index (χ2v) is 6.34. The zero-order chi connectivity index (χ0) is 13.2. The van der Waals surface area contributed by atoms with Crippen LogP contribution in [-0.4, -0.2) is 48.3 Å². The molecule has 0 aliphatic carbocycles. The van der Waals surface area contributed by atoms with Crippen LogP contribution in [0.25, 0.3) is 0 Å². The minimum absolute atomic E-state index is 0.200. The Kier molecular flexibility index (Phi) is 4.28. The molecule has 0 aromatic carbocycles. The topological polar surface area (TPSA) is 49.8 Å². The number of aliphatic hydroxyl groups is 1. The Labute approximate surface area is 109 Å². The molecule has 0 radical (unpaired) electrons. The molecule has 0 bridgehead atoms. The molecule has 0 spiro atoms. The number of hydrogen-bond acceptors (Lipinski definition) is 3. The van der Waals surface area contributed by atoms with Gasteiger partial charge in [-0.3, -0.25) is 4.79 Å². The normalized spacial score (nSPS) is 26.6. The van der Waals surface area contributed by atoms with Gasteiger partial charge in [0.1, 0.15) is 0 Å². The van der Waals surface area contributed by atoms with Gasteiger partial charge in [-0.1, -0.05) is 13.8 Å². The Hall–Kier alpha value is -0.610. The molecule has 4 nitrogen and oxygen atoms in total. The van der Waals surface area contributed by atoms with E-state index in [1.807, 2.05) is 18.7 Å². The molecule has 2 saturated heterocycles. The van der Waals surface area contributed by atoms with Crippen LogP contribution in [-0.2, 0) is 9.53 Å². The van der Waals surface area contributed by atoms with Crippen molar-refractivity contribution in [3.05, 3.63) is 0 Å². The third kappa shape index (κ3) is 3.23. The smallest absolute Gasteiger partial charge is 0.228 e. The Morgan fingerprint density at radius 2 is 2.00 bits per heavy atom. The molecular formula is C14H25NO3. The van der Waals surface area contributed by atoms with Crippen molar-refractivity contribution in [2.24, 2.45) is 11.3 Å². The van der Waals surface area contributed by atoms with Crippen LogP contribution in [0.15, 0.2) is 0 Å². The standard InChI is InChI=1S/C14H25NO3/c1-14(2,9-11-4-7-18-8-5-11)13(17)15-6-3-12(16)10-15/h11-12,16H,3-10H2,1-2H3/t12-/m1/s1. The molecular weight excluding hydrogens is 230 g/mol. The average molecular weight is 255 g/mol. The summed E-state index contributed by atoms with van der Waals surface area (Å²) in [7, 11) is 0. The van der Waals surface area contributed by atoms with Crippen molar-refractivity contribution in [3.63, 3.8) is 0 Å². The van der Waals surface area contributed by atoms with Gasteiger partial charge >= 0.3 is 0 Å². The van der Waals surface area contributed by atoms with E-state index in [2.05, 4.69) is 0 Å². The second kappa shape index (κ2) is 5.57. The lowest BCUT2D eigenvalue weighted by molar-refractivity contribution is -0.141. The maximum absolute atomic E-state index is 12.5. The van der Waals surface area contributed by atoms with E-state index in [1.54, 1.807) is 0 Å². The molecule has 2 fully saturated rings. The molecule has 1 amide bonds. The van der Waals surface area contributed by atoms with E-state index < -0.39 is 0 Å². The molecule has 2 rings (SSSR count). The lowest BCUT2D eigenvalue weighted by atomic mass is 9.79. The lowest BCUT2D eigenvalue weighted by Crippen LogP contribution is -2.41. The Morgan fingerprint density at radius 3 is 2.56 bits per heavy atom. The predicted molar refractivity (Wildman–Crippen MR) is 69.1 cm³/mol. The number of aliphatic hydroxyl groups excluding tert-OH is 1. The molecule has 104 valence electrons. The van der Waals surface area contributed by atoms with Crippen LogP contribution in [0, 0.1) is 11.3 Å². The zero-order valence-electron chi connectivity index (χ0n) is 11.5. The molecule has 18 heavy (non-hydrogen) atoms. The molecule has 0 saturated carbocycles. The third-order valence-corrected chi connectivity index (χ3v) is 4.17. The van der Waals surface area contributed by atoms with Gasteiger partial charge in [0, 0.05) is 31.7 Å². The number of amides is 1. The quantitative estimate of drug-likeness (QED) is 0.830. The highest BCUT2D eigenvalue weighted by Crippen LogP contribution is 2.33. The molecule has 0 unspecified atom stereocenters. The van der Waals surface area contributed by atoms with Gasteiger partial charge < -0.3 is 14.7 Å². The van der Waals surface area contributed by atoms with Gasteiger partial charge in [-0.2, -0.15) is 0 Å². The fourth-order valence-electron chi connectivity index (χ4n) is 3.11. The average Bonchev–Trinajstić information content (AvgIpc) is 2.75. The van der Waals surface area contributed by atoms with Crippen LogP contribution < -0.4 is 0 Å². The van der Waals surface area contributed by atoms with Crippen molar-refractivity contribution < 1.29 is 14.6 Å². The zero-order valence-corrected chi connectivity index (χ0v) is 11.5. The molecule has 4 heteroatoms. The van der Waals surface area contributed by atoms with Gasteiger partial charge in [-0.05, 0) is 31.6 Å². The first kappa shape index (κ1) is 13.8. The van der Waals surface area contributed by atoms with Gasteiger partial charge in [-0.25, -0.2) is 0 Å². The van der Waals surface area contributed by atoms with Gasteiger partial charge in [0.25, 0.3) is 0 Å². The fourth-order valence-corrected chi connectivity index (χ4v) is 3.11. The number of likely N-dealkylation sites (tertiary alicyclic amines) is 1. The molecule has 1 atom stereocenters. The summed E-state index contributed by atoms with van der Waals surface area (Å²) < 4.78 is 5.36. The van der Waals surface area contributed by atoms with E-state index in [-0.39, 0.29) is 17.4 Å². The highest BCUT2D eigenvalue weighted by atomic mass is 16.5. The number of rotatable bonds is 3. The van der Waals surface area contributed by atoms with E-state index in [0.29, 0.717) is 19.0 Å². The largest absolute Gasteiger partial charge is 0.391 e. The van der Waals surface area contributed by atoms with Crippen molar-refractivity contribution in [2.45, 2.75) is 45.6 Å². The second-order valence-electron chi connectivity index (χ2n) is 6.34. The van der Waals surface area contributed by atoms with E-state index in [1.165, 1.54) is 0 Å². The van der Waals surface area contributed by atoms with Gasteiger partial charge in [0.2, 0.25) is 5.91 Å². The number of carbonyl (C=O) groups excluding carboxylic acids is 1. The van der Waals surface area contributed by atoms with Crippen LogP contribution in [0.1, 0.15) is 39.5 Å². The Bertz CT molecular complexity index is 297.